The fourth-order valence-electron chi connectivity index (χ4n) is 2.58. The van der Waals surface area contributed by atoms with Crippen molar-refractivity contribution in [2.75, 3.05) is 19.3 Å². The van der Waals surface area contributed by atoms with Crippen molar-refractivity contribution in [1.82, 2.24) is 9.62 Å². The lowest BCUT2D eigenvalue weighted by molar-refractivity contribution is -0.121. The van der Waals surface area contributed by atoms with Crippen LogP contribution >= 0.6 is 0 Å². The molecule has 0 unspecified atom stereocenters. The van der Waals surface area contributed by atoms with Gasteiger partial charge in [-0.05, 0) is 25.2 Å². The minimum absolute atomic E-state index is 0.00500. The molecule has 0 aromatic heterocycles. The molecule has 0 saturated heterocycles. The van der Waals surface area contributed by atoms with Gasteiger partial charge >= 0.3 is 0 Å². The van der Waals surface area contributed by atoms with Crippen molar-refractivity contribution in [3.05, 3.63) is 0 Å². The maximum Gasteiger partial charge on any atom is 0.235 e. The Bertz CT molecular complexity index is 401. The van der Waals surface area contributed by atoms with Crippen LogP contribution in [0, 0.1) is 5.92 Å². The zero-order valence-corrected chi connectivity index (χ0v) is 13.7. The SMILES string of the molecule is CC(C)CCNC(=O)CN(C1CCCCC1)S(C)(=O)=O. The third-order valence-electron chi connectivity index (χ3n) is 3.75. The van der Waals surface area contributed by atoms with E-state index in [-0.39, 0.29) is 18.5 Å². The monoisotopic (exact) mass is 304 g/mol. The molecule has 0 aromatic carbocycles. The van der Waals surface area contributed by atoms with Crippen molar-refractivity contribution in [3.63, 3.8) is 0 Å². The Labute approximate surface area is 123 Å². The molecule has 1 aliphatic carbocycles. The third kappa shape index (κ3) is 6.22. The lowest BCUT2D eigenvalue weighted by atomic mass is 9.95. The van der Waals surface area contributed by atoms with Crippen LogP contribution in [0.15, 0.2) is 0 Å². The summed E-state index contributed by atoms with van der Waals surface area (Å²) in [7, 11) is -3.33. The molecule has 1 aliphatic rings. The van der Waals surface area contributed by atoms with Crippen LogP contribution in [0.1, 0.15) is 52.4 Å². The minimum Gasteiger partial charge on any atom is -0.355 e. The number of hydrogen-bond acceptors (Lipinski definition) is 3. The van der Waals surface area contributed by atoms with Crippen molar-refractivity contribution < 1.29 is 13.2 Å². The fourth-order valence-corrected chi connectivity index (χ4v) is 3.69. The Morgan fingerprint density at radius 3 is 2.35 bits per heavy atom. The van der Waals surface area contributed by atoms with E-state index in [1.54, 1.807) is 0 Å². The van der Waals surface area contributed by atoms with E-state index in [1.165, 1.54) is 10.6 Å². The van der Waals surface area contributed by atoms with Crippen LogP contribution in [-0.4, -0.2) is 44.0 Å². The summed E-state index contributed by atoms with van der Waals surface area (Å²) < 4.78 is 25.2. The van der Waals surface area contributed by atoms with Crippen molar-refractivity contribution in [2.45, 2.75) is 58.4 Å². The summed E-state index contributed by atoms with van der Waals surface area (Å²) in [6, 6.07) is -0.00500. The van der Waals surface area contributed by atoms with Gasteiger partial charge in [0.1, 0.15) is 0 Å². The van der Waals surface area contributed by atoms with Gasteiger partial charge in [0.25, 0.3) is 0 Å². The van der Waals surface area contributed by atoms with Gasteiger partial charge in [0.2, 0.25) is 15.9 Å². The first-order valence-corrected chi connectivity index (χ1v) is 9.39. The molecule has 118 valence electrons. The Hall–Kier alpha value is -0.620. The van der Waals surface area contributed by atoms with Crippen LogP contribution < -0.4 is 5.32 Å². The number of nitrogens with zero attached hydrogens (tertiary/aromatic N) is 1. The van der Waals surface area contributed by atoms with Gasteiger partial charge in [-0.1, -0.05) is 33.1 Å². The van der Waals surface area contributed by atoms with Crippen molar-refractivity contribution >= 4 is 15.9 Å². The van der Waals surface area contributed by atoms with Gasteiger partial charge in [0.15, 0.2) is 0 Å². The van der Waals surface area contributed by atoms with Crippen molar-refractivity contribution in [2.24, 2.45) is 5.92 Å². The summed E-state index contributed by atoms with van der Waals surface area (Å²) in [5.74, 6) is 0.335. The molecule has 1 amide bonds. The molecule has 0 aromatic rings. The quantitative estimate of drug-likeness (QED) is 0.779. The first-order valence-electron chi connectivity index (χ1n) is 7.54. The van der Waals surface area contributed by atoms with Gasteiger partial charge in [0, 0.05) is 12.6 Å². The molecule has 1 rings (SSSR count). The van der Waals surface area contributed by atoms with Gasteiger partial charge in [0.05, 0.1) is 12.8 Å². The summed E-state index contributed by atoms with van der Waals surface area (Å²) in [6.45, 7) is 4.76. The maximum absolute atomic E-state index is 11.9. The highest BCUT2D eigenvalue weighted by atomic mass is 32.2. The molecule has 1 fully saturated rings. The normalized spacial score (nSPS) is 17.6. The van der Waals surface area contributed by atoms with Crippen LogP contribution in [0.2, 0.25) is 0 Å². The van der Waals surface area contributed by atoms with Crippen LogP contribution in [0.3, 0.4) is 0 Å². The van der Waals surface area contributed by atoms with E-state index < -0.39 is 10.0 Å². The largest absolute Gasteiger partial charge is 0.355 e. The summed E-state index contributed by atoms with van der Waals surface area (Å²) >= 11 is 0. The highest BCUT2D eigenvalue weighted by Crippen LogP contribution is 2.24. The Morgan fingerprint density at radius 1 is 1.25 bits per heavy atom. The molecule has 0 heterocycles. The number of amides is 1. The molecular formula is C14H28N2O3S. The Balaban J connectivity index is 2.54. The van der Waals surface area contributed by atoms with Gasteiger partial charge in [-0.3, -0.25) is 4.79 Å². The van der Waals surface area contributed by atoms with E-state index in [2.05, 4.69) is 19.2 Å². The average Bonchev–Trinajstić information content (AvgIpc) is 2.35. The van der Waals surface area contributed by atoms with Crippen LogP contribution in [-0.2, 0) is 14.8 Å². The molecule has 1 saturated carbocycles. The molecule has 0 spiro atoms. The summed E-state index contributed by atoms with van der Waals surface area (Å²) in [4.78, 5) is 11.9. The minimum atomic E-state index is -3.33. The van der Waals surface area contributed by atoms with E-state index in [1.807, 2.05) is 0 Å². The second-order valence-corrected chi connectivity index (χ2v) is 8.07. The summed E-state index contributed by atoms with van der Waals surface area (Å²) in [5, 5.41) is 2.81. The Morgan fingerprint density at radius 2 is 1.85 bits per heavy atom. The predicted octanol–water partition coefficient (Wildman–Crippen LogP) is 1.74. The van der Waals surface area contributed by atoms with E-state index in [4.69, 9.17) is 0 Å². The molecule has 0 atom stereocenters. The van der Waals surface area contributed by atoms with Crippen LogP contribution in [0.4, 0.5) is 0 Å². The number of nitrogens with one attached hydrogen (secondary N) is 1. The molecule has 1 N–H and O–H groups in total. The number of carbonyl (C=O) groups excluding carboxylic acids is 1. The number of hydrogen-bond donors (Lipinski definition) is 1. The number of sulfonamides is 1. The average molecular weight is 304 g/mol. The maximum atomic E-state index is 11.9. The zero-order valence-electron chi connectivity index (χ0n) is 12.9. The number of carbonyl (C=O) groups is 1. The van der Waals surface area contributed by atoms with Crippen molar-refractivity contribution in [3.8, 4) is 0 Å². The molecule has 20 heavy (non-hydrogen) atoms. The second-order valence-electron chi connectivity index (χ2n) is 6.13. The lowest BCUT2D eigenvalue weighted by Gasteiger charge is -2.31. The summed E-state index contributed by atoms with van der Waals surface area (Å²) in [5.41, 5.74) is 0. The van der Waals surface area contributed by atoms with E-state index in [0.29, 0.717) is 12.5 Å². The summed E-state index contributed by atoms with van der Waals surface area (Å²) in [6.07, 6.45) is 7.10. The van der Waals surface area contributed by atoms with Gasteiger partial charge < -0.3 is 5.32 Å². The highest BCUT2D eigenvalue weighted by molar-refractivity contribution is 7.88. The van der Waals surface area contributed by atoms with Gasteiger partial charge in [-0.2, -0.15) is 4.31 Å². The fraction of sp³-hybridized carbons (Fsp3) is 0.929. The highest BCUT2D eigenvalue weighted by Gasteiger charge is 2.29. The topological polar surface area (TPSA) is 66.5 Å². The van der Waals surface area contributed by atoms with Gasteiger partial charge in [-0.15, -0.1) is 0 Å². The lowest BCUT2D eigenvalue weighted by Crippen LogP contribution is -2.46. The molecule has 0 bridgehead atoms. The second kappa shape index (κ2) is 7.98. The number of rotatable bonds is 7. The molecule has 5 nitrogen and oxygen atoms in total. The predicted molar refractivity (Wildman–Crippen MR) is 80.9 cm³/mol. The van der Waals surface area contributed by atoms with E-state index >= 15 is 0 Å². The third-order valence-corrected chi connectivity index (χ3v) is 5.03. The molecule has 0 aliphatic heterocycles. The van der Waals surface area contributed by atoms with Crippen LogP contribution in [0.5, 0.6) is 0 Å². The standard InChI is InChI=1S/C14H28N2O3S/c1-12(2)9-10-15-14(17)11-16(20(3,18)19)13-7-5-4-6-8-13/h12-13H,4-11H2,1-3H3,(H,15,17). The van der Waals surface area contributed by atoms with E-state index in [0.717, 1.165) is 38.5 Å². The Kier molecular flexibility index (Phi) is 6.95. The van der Waals surface area contributed by atoms with Gasteiger partial charge in [-0.25, -0.2) is 8.42 Å². The zero-order chi connectivity index (χ0) is 15.2. The van der Waals surface area contributed by atoms with Crippen LogP contribution in [0.25, 0.3) is 0 Å². The smallest absolute Gasteiger partial charge is 0.235 e. The molecule has 6 heteroatoms. The molecule has 0 radical (unpaired) electrons. The first kappa shape index (κ1) is 17.4. The van der Waals surface area contributed by atoms with E-state index in [9.17, 15) is 13.2 Å². The first-order chi connectivity index (χ1) is 9.30. The molecular weight excluding hydrogens is 276 g/mol. The van der Waals surface area contributed by atoms with Crippen molar-refractivity contribution in [1.29, 1.82) is 0 Å².